The molecule has 2 nitrogen and oxygen atoms in total. The highest BCUT2D eigenvalue weighted by atomic mass is 79.9. The van der Waals surface area contributed by atoms with Crippen LogP contribution in [0.2, 0.25) is 10.0 Å². The van der Waals surface area contributed by atoms with E-state index >= 15 is 0 Å². The summed E-state index contributed by atoms with van der Waals surface area (Å²) in [4.78, 5) is 0. The van der Waals surface area contributed by atoms with Gasteiger partial charge in [0.2, 0.25) is 0 Å². The van der Waals surface area contributed by atoms with E-state index in [0.29, 0.717) is 15.1 Å². The minimum absolute atomic E-state index is 0.0525. The molecular formula is C15H13BrCl2FNO. The predicted octanol–water partition coefficient (Wildman–Crippen LogP) is 4.67. The van der Waals surface area contributed by atoms with Crippen LogP contribution in [0.15, 0.2) is 40.9 Å². The SMILES string of the molecule is NCC(c1c(F)cccc1Cl)C(O)c1ccc(Cl)cc1Br. The fraction of sp³-hybridized carbons (Fsp3) is 0.200. The molecule has 0 aliphatic heterocycles. The fourth-order valence-electron chi connectivity index (χ4n) is 2.23. The Morgan fingerprint density at radius 1 is 1.24 bits per heavy atom. The molecule has 0 fully saturated rings. The summed E-state index contributed by atoms with van der Waals surface area (Å²) < 4.78 is 14.7. The molecule has 3 N–H and O–H groups in total. The zero-order chi connectivity index (χ0) is 15.6. The Kier molecular flexibility index (Phi) is 5.63. The standard InChI is InChI=1S/C15H13BrCl2FNO/c16-11-6-8(17)4-5-9(11)15(21)10(7-20)14-12(18)2-1-3-13(14)19/h1-6,10,15,21H,7,20H2. The van der Waals surface area contributed by atoms with Gasteiger partial charge in [0.25, 0.3) is 0 Å². The Morgan fingerprint density at radius 3 is 2.52 bits per heavy atom. The van der Waals surface area contributed by atoms with E-state index < -0.39 is 17.8 Å². The van der Waals surface area contributed by atoms with E-state index in [-0.39, 0.29) is 17.1 Å². The van der Waals surface area contributed by atoms with E-state index in [1.807, 2.05) is 0 Å². The molecule has 2 aromatic rings. The maximum atomic E-state index is 14.0. The van der Waals surface area contributed by atoms with Gasteiger partial charge >= 0.3 is 0 Å². The molecule has 6 heteroatoms. The Labute approximate surface area is 140 Å². The van der Waals surface area contributed by atoms with Crippen molar-refractivity contribution in [3.63, 3.8) is 0 Å². The highest BCUT2D eigenvalue weighted by Gasteiger charge is 2.27. The first-order chi connectivity index (χ1) is 9.95. The lowest BCUT2D eigenvalue weighted by Gasteiger charge is -2.24. The van der Waals surface area contributed by atoms with Gasteiger partial charge in [-0.05, 0) is 29.8 Å². The first-order valence-corrected chi connectivity index (χ1v) is 7.77. The number of hydrogen-bond donors (Lipinski definition) is 2. The van der Waals surface area contributed by atoms with Crippen LogP contribution in [0.4, 0.5) is 4.39 Å². The minimum atomic E-state index is -1.00. The van der Waals surface area contributed by atoms with E-state index in [1.54, 1.807) is 24.3 Å². The number of benzene rings is 2. The average Bonchev–Trinajstić information content (AvgIpc) is 2.42. The van der Waals surface area contributed by atoms with E-state index in [2.05, 4.69) is 15.9 Å². The molecule has 0 saturated carbocycles. The third-order valence-electron chi connectivity index (χ3n) is 3.29. The maximum absolute atomic E-state index is 14.0. The minimum Gasteiger partial charge on any atom is -0.388 e. The summed E-state index contributed by atoms with van der Waals surface area (Å²) in [5, 5.41) is 11.4. The van der Waals surface area contributed by atoms with E-state index in [1.165, 1.54) is 12.1 Å². The molecule has 2 aromatic carbocycles. The first-order valence-electron chi connectivity index (χ1n) is 6.22. The predicted molar refractivity (Wildman–Crippen MR) is 87.3 cm³/mol. The molecule has 2 unspecified atom stereocenters. The van der Waals surface area contributed by atoms with Crippen LogP contribution in [0.5, 0.6) is 0 Å². The van der Waals surface area contributed by atoms with Crippen molar-refractivity contribution in [2.75, 3.05) is 6.54 Å². The van der Waals surface area contributed by atoms with Gasteiger partial charge in [0.1, 0.15) is 5.82 Å². The highest BCUT2D eigenvalue weighted by molar-refractivity contribution is 9.10. The highest BCUT2D eigenvalue weighted by Crippen LogP contribution is 2.38. The molecule has 0 saturated heterocycles. The number of hydrogen-bond acceptors (Lipinski definition) is 2. The van der Waals surface area contributed by atoms with Gasteiger partial charge in [0.05, 0.1) is 6.10 Å². The van der Waals surface area contributed by atoms with Crippen molar-refractivity contribution in [1.82, 2.24) is 0 Å². The molecule has 0 radical (unpaired) electrons. The van der Waals surface area contributed by atoms with Gasteiger partial charge in [-0.1, -0.05) is 51.3 Å². The quantitative estimate of drug-likeness (QED) is 0.793. The van der Waals surface area contributed by atoms with Crippen molar-refractivity contribution in [1.29, 1.82) is 0 Å². The summed E-state index contributed by atoms with van der Waals surface area (Å²) in [6, 6.07) is 9.38. The molecule has 2 rings (SSSR count). The molecular weight excluding hydrogens is 380 g/mol. The van der Waals surface area contributed by atoms with Crippen molar-refractivity contribution >= 4 is 39.1 Å². The van der Waals surface area contributed by atoms with Crippen molar-refractivity contribution in [2.45, 2.75) is 12.0 Å². The number of halogens is 4. The van der Waals surface area contributed by atoms with E-state index in [0.717, 1.165) is 0 Å². The van der Waals surface area contributed by atoms with Crippen molar-refractivity contribution < 1.29 is 9.50 Å². The molecule has 0 amide bonds. The third kappa shape index (κ3) is 3.58. The Morgan fingerprint density at radius 2 is 1.95 bits per heavy atom. The second-order valence-corrected chi connectivity index (χ2v) is 6.29. The number of aliphatic hydroxyl groups excluding tert-OH is 1. The van der Waals surface area contributed by atoms with Crippen molar-refractivity contribution in [3.05, 3.63) is 67.9 Å². The molecule has 21 heavy (non-hydrogen) atoms. The lowest BCUT2D eigenvalue weighted by molar-refractivity contribution is 0.145. The third-order valence-corrected chi connectivity index (χ3v) is 4.54. The van der Waals surface area contributed by atoms with Gasteiger partial charge < -0.3 is 10.8 Å². The van der Waals surface area contributed by atoms with Crippen LogP contribution >= 0.6 is 39.1 Å². The van der Waals surface area contributed by atoms with Gasteiger partial charge in [-0.25, -0.2) is 4.39 Å². The van der Waals surface area contributed by atoms with Gasteiger partial charge in [0, 0.05) is 32.5 Å². The fourth-order valence-corrected chi connectivity index (χ4v) is 3.45. The van der Waals surface area contributed by atoms with Crippen LogP contribution in [-0.2, 0) is 0 Å². The summed E-state index contributed by atoms with van der Waals surface area (Å²) in [5.41, 5.74) is 6.53. The lowest BCUT2D eigenvalue weighted by atomic mass is 9.89. The zero-order valence-electron chi connectivity index (χ0n) is 10.9. The Balaban J connectivity index is 2.46. The zero-order valence-corrected chi connectivity index (χ0v) is 14.0. The topological polar surface area (TPSA) is 46.2 Å². The van der Waals surface area contributed by atoms with E-state index in [4.69, 9.17) is 28.9 Å². The van der Waals surface area contributed by atoms with Crippen LogP contribution in [0.25, 0.3) is 0 Å². The molecule has 0 heterocycles. The van der Waals surface area contributed by atoms with Crippen molar-refractivity contribution in [2.24, 2.45) is 5.73 Å². The molecule has 0 aliphatic rings. The van der Waals surface area contributed by atoms with Gasteiger partial charge in [0.15, 0.2) is 0 Å². The number of rotatable bonds is 4. The second kappa shape index (κ2) is 7.07. The molecule has 0 aromatic heterocycles. The monoisotopic (exact) mass is 391 g/mol. The maximum Gasteiger partial charge on any atom is 0.128 e. The Hall–Kier alpha value is -0.650. The summed E-state index contributed by atoms with van der Waals surface area (Å²) in [7, 11) is 0. The molecule has 0 aliphatic carbocycles. The smallest absolute Gasteiger partial charge is 0.128 e. The van der Waals surface area contributed by atoms with Crippen LogP contribution in [-0.4, -0.2) is 11.7 Å². The average molecular weight is 393 g/mol. The molecule has 0 bridgehead atoms. The largest absolute Gasteiger partial charge is 0.388 e. The van der Waals surface area contributed by atoms with Crippen LogP contribution in [0.3, 0.4) is 0 Å². The summed E-state index contributed by atoms with van der Waals surface area (Å²) in [6.45, 7) is 0.0525. The summed E-state index contributed by atoms with van der Waals surface area (Å²) >= 11 is 15.3. The van der Waals surface area contributed by atoms with Crippen LogP contribution in [0.1, 0.15) is 23.1 Å². The van der Waals surface area contributed by atoms with Gasteiger partial charge in [-0.15, -0.1) is 0 Å². The number of nitrogens with two attached hydrogens (primary N) is 1. The Bertz CT molecular complexity index is 633. The second-order valence-electron chi connectivity index (χ2n) is 4.59. The number of aliphatic hydroxyl groups is 1. The van der Waals surface area contributed by atoms with E-state index in [9.17, 15) is 9.50 Å². The first kappa shape index (κ1) is 16.7. The van der Waals surface area contributed by atoms with Crippen LogP contribution in [0, 0.1) is 5.82 Å². The van der Waals surface area contributed by atoms with Crippen molar-refractivity contribution in [3.8, 4) is 0 Å². The van der Waals surface area contributed by atoms with Gasteiger partial charge in [-0.3, -0.25) is 0 Å². The summed E-state index contributed by atoms with van der Waals surface area (Å²) in [6.07, 6.45) is -1.00. The molecule has 2 atom stereocenters. The normalized spacial score (nSPS) is 14.0. The molecule has 112 valence electrons. The lowest BCUT2D eigenvalue weighted by Crippen LogP contribution is -2.22. The summed E-state index contributed by atoms with van der Waals surface area (Å²) in [5.74, 6) is -1.14. The molecule has 0 spiro atoms. The van der Waals surface area contributed by atoms with Gasteiger partial charge in [-0.2, -0.15) is 0 Å². The van der Waals surface area contributed by atoms with Crippen LogP contribution < -0.4 is 5.73 Å².